The van der Waals surface area contributed by atoms with Gasteiger partial charge in [0.1, 0.15) is 0 Å². The van der Waals surface area contributed by atoms with E-state index in [1.54, 1.807) is 25.1 Å². The molecule has 0 aliphatic carbocycles. The number of nitrogen functional groups attached to an aromatic ring is 1. The van der Waals surface area contributed by atoms with E-state index in [2.05, 4.69) is 0 Å². The molecule has 4 nitrogen and oxygen atoms in total. The van der Waals surface area contributed by atoms with Crippen LogP contribution in [0.15, 0.2) is 23.1 Å². The van der Waals surface area contributed by atoms with Gasteiger partial charge in [0.05, 0.1) is 16.3 Å². The molecule has 2 N–H and O–H groups in total. The zero-order chi connectivity index (χ0) is 12.3. The van der Waals surface area contributed by atoms with Crippen molar-refractivity contribution in [2.75, 3.05) is 32.1 Å². The number of hydrogen-bond donors (Lipinski definition) is 1. The fourth-order valence-corrected chi connectivity index (χ4v) is 2.95. The van der Waals surface area contributed by atoms with Gasteiger partial charge in [0.2, 0.25) is 0 Å². The highest BCUT2D eigenvalue weighted by molar-refractivity contribution is 7.91. The molecule has 90 valence electrons. The average Bonchev–Trinajstić information content (AvgIpc) is 2.19. The number of nitrogens with zero attached hydrogens (tertiary/aromatic N) is 1. The first-order valence-corrected chi connectivity index (χ1v) is 6.72. The van der Waals surface area contributed by atoms with E-state index in [0.717, 1.165) is 5.56 Å². The molecule has 0 heterocycles. The van der Waals surface area contributed by atoms with Gasteiger partial charge in [0.25, 0.3) is 0 Å². The van der Waals surface area contributed by atoms with Crippen molar-refractivity contribution in [3.05, 3.63) is 23.8 Å². The molecule has 0 amide bonds. The quantitative estimate of drug-likeness (QED) is 0.797. The summed E-state index contributed by atoms with van der Waals surface area (Å²) in [4.78, 5) is 2.08. The molecule has 0 saturated heterocycles. The van der Waals surface area contributed by atoms with Crippen molar-refractivity contribution in [3.8, 4) is 0 Å². The van der Waals surface area contributed by atoms with Gasteiger partial charge in [-0.1, -0.05) is 12.1 Å². The lowest BCUT2D eigenvalue weighted by Gasteiger charge is -2.12. The third kappa shape index (κ3) is 2.96. The summed E-state index contributed by atoms with van der Waals surface area (Å²) in [6.45, 7) is 2.30. The molecular formula is C11H18N2O2S. The summed E-state index contributed by atoms with van der Waals surface area (Å²) in [6.07, 6.45) is 0. The maximum atomic E-state index is 12.0. The van der Waals surface area contributed by atoms with E-state index in [9.17, 15) is 8.42 Å². The van der Waals surface area contributed by atoms with Crippen LogP contribution in [-0.2, 0) is 9.84 Å². The summed E-state index contributed by atoms with van der Waals surface area (Å²) in [5.74, 6) is 0.0909. The number of nitrogens with two attached hydrogens (primary N) is 1. The van der Waals surface area contributed by atoms with Crippen LogP contribution in [-0.4, -0.2) is 39.7 Å². The first-order chi connectivity index (χ1) is 7.34. The Labute approximate surface area is 97.0 Å². The Balaban J connectivity index is 3.03. The monoisotopic (exact) mass is 242 g/mol. The highest BCUT2D eigenvalue weighted by Gasteiger charge is 2.18. The maximum Gasteiger partial charge on any atom is 0.181 e. The Morgan fingerprint density at radius 1 is 1.31 bits per heavy atom. The molecule has 0 aromatic heterocycles. The van der Waals surface area contributed by atoms with Gasteiger partial charge in [-0.05, 0) is 32.6 Å². The van der Waals surface area contributed by atoms with Crippen molar-refractivity contribution in [3.63, 3.8) is 0 Å². The third-order valence-electron chi connectivity index (χ3n) is 2.43. The number of benzene rings is 1. The Morgan fingerprint density at radius 2 is 1.94 bits per heavy atom. The lowest BCUT2D eigenvalue weighted by atomic mass is 10.2. The van der Waals surface area contributed by atoms with Crippen LogP contribution in [0.1, 0.15) is 5.56 Å². The first kappa shape index (κ1) is 13.0. The zero-order valence-corrected chi connectivity index (χ0v) is 10.7. The number of hydrogen-bond acceptors (Lipinski definition) is 4. The molecule has 0 aliphatic rings. The molecule has 0 spiro atoms. The van der Waals surface area contributed by atoms with Crippen LogP contribution in [0.5, 0.6) is 0 Å². The maximum absolute atomic E-state index is 12.0. The third-order valence-corrected chi connectivity index (χ3v) is 4.17. The fourth-order valence-electron chi connectivity index (χ4n) is 1.34. The summed E-state index contributed by atoms with van der Waals surface area (Å²) in [7, 11) is 0.410. The molecule has 0 atom stereocenters. The van der Waals surface area contributed by atoms with E-state index in [-0.39, 0.29) is 10.6 Å². The smallest absolute Gasteiger partial charge is 0.181 e. The lowest BCUT2D eigenvalue weighted by Crippen LogP contribution is -2.22. The normalized spacial score (nSPS) is 12.0. The molecule has 0 saturated carbocycles. The van der Waals surface area contributed by atoms with Crippen LogP contribution < -0.4 is 5.73 Å². The molecule has 1 rings (SSSR count). The summed E-state index contributed by atoms with van der Waals surface area (Å²) >= 11 is 0. The average molecular weight is 242 g/mol. The van der Waals surface area contributed by atoms with Crippen LogP contribution in [0.3, 0.4) is 0 Å². The number of aryl methyl sites for hydroxylation is 1. The number of sulfone groups is 1. The predicted molar refractivity (Wildman–Crippen MR) is 66.2 cm³/mol. The molecule has 0 aliphatic heterocycles. The minimum Gasteiger partial charge on any atom is -0.397 e. The van der Waals surface area contributed by atoms with Gasteiger partial charge in [-0.15, -0.1) is 0 Å². The van der Waals surface area contributed by atoms with Crippen molar-refractivity contribution in [1.29, 1.82) is 0 Å². The van der Waals surface area contributed by atoms with Crippen molar-refractivity contribution in [2.24, 2.45) is 0 Å². The molecule has 16 heavy (non-hydrogen) atoms. The van der Waals surface area contributed by atoms with Gasteiger partial charge in [0.15, 0.2) is 9.84 Å². The van der Waals surface area contributed by atoms with Crippen LogP contribution >= 0.6 is 0 Å². The molecule has 1 aromatic rings. The molecule has 0 unspecified atom stereocenters. The van der Waals surface area contributed by atoms with E-state index < -0.39 is 9.84 Å². The van der Waals surface area contributed by atoms with E-state index in [1.165, 1.54) is 0 Å². The SMILES string of the molecule is Cc1cccc(S(=O)(=O)CCN(C)C)c1N. The Morgan fingerprint density at radius 3 is 2.50 bits per heavy atom. The van der Waals surface area contributed by atoms with Gasteiger partial charge in [-0.25, -0.2) is 8.42 Å². The van der Waals surface area contributed by atoms with Crippen LogP contribution in [0.25, 0.3) is 0 Å². The fraction of sp³-hybridized carbons (Fsp3) is 0.455. The van der Waals surface area contributed by atoms with E-state index in [0.29, 0.717) is 12.2 Å². The highest BCUT2D eigenvalue weighted by atomic mass is 32.2. The molecule has 0 radical (unpaired) electrons. The highest BCUT2D eigenvalue weighted by Crippen LogP contribution is 2.22. The molecule has 1 aromatic carbocycles. The number of rotatable bonds is 4. The second kappa shape index (κ2) is 4.84. The zero-order valence-electron chi connectivity index (χ0n) is 9.90. The van der Waals surface area contributed by atoms with E-state index >= 15 is 0 Å². The minimum absolute atomic E-state index is 0.0909. The van der Waals surface area contributed by atoms with Crippen molar-refractivity contribution >= 4 is 15.5 Å². The lowest BCUT2D eigenvalue weighted by molar-refractivity contribution is 0.432. The van der Waals surface area contributed by atoms with Gasteiger partial charge in [-0.2, -0.15) is 0 Å². The Kier molecular flexibility index (Phi) is 3.93. The Bertz CT molecular complexity index is 467. The largest absolute Gasteiger partial charge is 0.397 e. The molecular weight excluding hydrogens is 224 g/mol. The standard InChI is InChI=1S/C11H18N2O2S/c1-9-5-4-6-10(11(9)12)16(14,15)8-7-13(2)3/h4-6H,7-8,12H2,1-3H3. The van der Waals surface area contributed by atoms with Gasteiger partial charge >= 0.3 is 0 Å². The second-order valence-corrected chi connectivity index (χ2v) is 6.19. The van der Waals surface area contributed by atoms with Crippen molar-refractivity contribution in [1.82, 2.24) is 4.90 Å². The van der Waals surface area contributed by atoms with Crippen molar-refractivity contribution in [2.45, 2.75) is 11.8 Å². The minimum atomic E-state index is -3.28. The predicted octanol–water partition coefficient (Wildman–Crippen LogP) is 0.913. The van der Waals surface area contributed by atoms with E-state index in [4.69, 9.17) is 5.73 Å². The summed E-state index contributed by atoms with van der Waals surface area (Å²) in [5.41, 5.74) is 6.94. The summed E-state index contributed by atoms with van der Waals surface area (Å²) in [6, 6.07) is 5.09. The number of para-hydroxylation sites is 1. The molecule has 0 fully saturated rings. The van der Waals surface area contributed by atoms with Crippen molar-refractivity contribution < 1.29 is 8.42 Å². The van der Waals surface area contributed by atoms with E-state index in [1.807, 2.05) is 19.0 Å². The second-order valence-electron chi connectivity index (χ2n) is 4.11. The van der Waals surface area contributed by atoms with Crippen LogP contribution in [0.2, 0.25) is 0 Å². The van der Waals surface area contributed by atoms with Crippen LogP contribution in [0, 0.1) is 6.92 Å². The van der Waals surface area contributed by atoms with Crippen LogP contribution in [0.4, 0.5) is 5.69 Å². The number of anilines is 1. The first-order valence-electron chi connectivity index (χ1n) is 5.07. The van der Waals surface area contributed by atoms with Gasteiger partial charge in [-0.3, -0.25) is 0 Å². The summed E-state index contributed by atoms with van der Waals surface area (Å²) in [5, 5.41) is 0. The molecule has 5 heteroatoms. The molecule has 0 bridgehead atoms. The summed E-state index contributed by atoms with van der Waals surface area (Å²) < 4.78 is 24.0. The topological polar surface area (TPSA) is 63.4 Å². The van der Waals surface area contributed by atoms with Gasteiger partial charge < -0.3 is 10.6 Å². The van der Waals surface area contributed by atoms with Gasteiger partial charge in [0, 0.05) is 6.54 Å². The Hall–Kier alpha value is -1.07.